The summed E-state index contributed by atoms with van der Waals surface area (Å²) < 4.78 is 10.6. The summed E-state index contributed by atoms with van der Waals surface area (Å²) in [5.41, 5.74) is 0. The summed E-state index contributed by atoms with van der Waals surface area (Å²) in [7, 11) is 0. The van der Waals surface area contributed by atoms with Crippen molar-refractivity contribution in [2.45, 2.75) is 225 Å². The van der Waals surface area contributed by atoms with E-state index in [4.69, 9.17) is 9.47 Å². The van der Waals surface area contributed by atoms with Gasteiger partial charge in [-0.2, -0.15) is 0 Å². The summed E-state index contributed by atoms with van der Waals surface area (Å²) in [6, 6.07) is 0. The lowest BCUT2D eigenvalue weighted by atomic mass is 10.0. The van der Waals surface area contributed by atoms with Gasteiger partial charge < -0.3 is 14.6 Å². The summed E-state index contributed by atoms with van der Waals surface area (Å²) >= 11 is 0. The first kappa shape index (κ1) is 49.9. The smallest absolute Gasteiger partial charge is 0.306 e. The predicted octanol–water partition coefficient (Wildman–Crippen LogP) is 14.2. The highest BCUT2D eigenvalue weighted by molar-refractivity contribution is 5.70. The molecule has 1 atom stereocenters. The summed E-state index contributed by atoms with van der Waals surface area (Å²) in [6.07, 6.45) is 54.7. The predicted molar refractivity (Wildman–Crippen MR) is 224 cm³/mol. The van der Waals surface area contributed by atoms with Crippen LogP contribution in [0, 0.1) is 0 Å². The zero-order valence-corrected chi connectivity index (χ0v) is 34.3. The molecule has 0 bridgehead atoms. The van der Waals surface area contributed by atoms with Crippen LogP contribution in [0.2, 0.25) is 0 Å². The molecule has 0 saturated carbocycles. The lowest BCUT2D eigenvalue weighted by molar-refractivity contribution is -0.161. The fourth-order valence-electron chi connectivity index (χ4n) is 6.27. The molecule has 0 aromatic carbocycles. The SMILES string of the molecule is CC/C=C\C/C=C\C/C=C\CCCCCCCC(=O)OC(CO)COC(=O)CCCCCCCCCCCCC/C=C\CCCCCCCCCC. The van der Waals surface area contributed by atoms with Crippen LogP contribution in [0.15, 0.2) is 48.6 Å². The molecule has 1 unspecified atom stereocenters. The molecule has 5 nitrogen and oxygen atoms in total. The van der Waals surface area contributed by atoms with Gasteiger partial charge in [0.2, 0.25) is 0 Å². The fraction of sp³-hybridized carbons (Fsp3) is 0.787. The Bertz CT molecular complexity index is 873. The second-order valence-corrected chi connectivity index (χ2v) is 14.7. The zero-order valence-electron chi connectivity index (χ0n) is 34.3. The molecule has 52 heavy (non-hydrogen) atoms. The normalized spacial score (nSPS) is 12.6. The molecule has 0 aromatic rings. The van der Waals surface area contributed by atoms with E-state index < -0.39 is 6.10 Å². The second-order valence-electron chi connectivity index (χ2n) is 14.7. The number of hydrogen-bond donors (Lipinski definition) is 1. The topological polar surface area (TPSA) is 72.8 Å². The first-order valence-electron chi connectivity index (χ1n) is 22.2. The van der Waals surface area contributed by atoms with Gasteiger partial charge in [0.25, 0.3) is 0 Å². The molecular formula is C47H84O5. The third-order valence-corrected chi connectivity index (χ3v) is 9.61. The Kier molecular flexibility index (Phi) is 41.5. The summed E-state index contributed by atoms with van der Waals surface area (Å²) in [4.78, 5) is 24.3. The van der Waals surface area contributed by atoms with Gasteiger partial charge in [-0.1, -0.05) is 184 Å². The van der Waals surface area contributed by atoms with Crippen LogP contribution in [0.3, 0.4) is 0 Å². The van der Waals surface area contributed by atoms with Gasteiger partial charge in [-0.25, -0.2) is 0 Å². The minimum atomic E-state index is -0.780. The van der Waals surface area contributed by atoms with Gasteiger partial charge in [-0.05, 0) is 70.6 Å². The van der Waals surface area contributed by atoms with Crippen LogP contribution in [0.1, 0.15) is 219 Å². The fourth-order valence-corrected chi connectivity index (χ4v) is 6.27. The van der Waals surface area contributed by atoms with Crippen LogP contribution < -0.4 is 0 Å². The number of aliphatic hydroxyl groups is 1. The highest BCUT2D eigenvalue weighted by Crippen LogP contribution is 2.14. The van der Waals surface area contributed by atoms with Crippen LogP contribution in [0.4, 0.5) is 0 Å². The van der Waals surface area contributed by atoms with Crippen molar-refractivity contribution in [3.63, 3.8) is 0 Å². The molecule has 0 fully saturated rings. The molecule has 1 N–H and O–H groups in total. The number of hydrogen-bond acceptors (Lipinski definition) is 5. The number of aliphatic hydroxyl groups excluding tert-OH is 1. The molecule has 5 heteroatoms. The van der Waals surface area contributed by atoms with Gasteiger partial charge in [0.15, 0.2) is 6.10 Å². The molecule has 0 amide bonds. The number of carbonyl (C=O) groups is 2. The second kappa shape index (κ2) is 43.3. The van der Waals surface area contributed by atoms with Gasteiger partial charge in [0, 0.05) is 12.8 Å². The first-order chi connectivity index (χ1) is 25.6. The highest BCUT2D eigenvalue weighted by Gasteiger charge is 2.16. The van der Waals surface area contributed by atoms with Crippen molar-refractivity contribution in [3.8, 4) is 0 Å². The number of allylic oxidation sites excluding steroid dienone is 8. The molecule has 0 aliphatic carbocycles. The molecule has 0 saturated heterocycles. The summed E-state index contributed by atoms with van der Waals surface area (Å²) in [5, 5.41) is 9.57. The monoisotopic (exact) mass is 729 g/mol. The lowest BCUT2D eigenvalue weighted by Gasteiger charge is -2.15. The number of carbonyl (C=O) groups excluding carboxylic acids is 2. The van der Waals surface area contributed by atoms with Crippen LogP contribution >= 0.6 is 0 Å². The van der Waals surface area contributed by atoms with E-state index in [9.17, 15) is 14.7 Å². The van der Waals surface area contributed by atoms with Crippen LogP contribution in [-0.2, 0) is 19.1 Å². The number of rotatable bonds is 40. The van der Waals surface area contributed by atoms with Gasteiger partial charge in [0.1, 0.15) is 6.61 Å². The third kappa shape index (κ3) is 40.6. The molecule has 0 aliphatic rings. The summed E-state index contributed by atoms with van der Waals surface area (Å²) in [6.45, 7) is 4.02. The third-order valence-electron chi connectivity index (χ3n) is 9.61. The Morgan fingerprint density at radius 3 is 1.27 bits per heavy atom. The van der Waals surface area contributed by atoms with Crippen LogP contribution in [-0.4, -0.2) is 36.4 Å². The Morgan fingerprint density at radius 2 is 0.827 bits per heavy atom. The maximum absolute atomic E-state index is 12.2. The van der Waals surface area contributed by atoms with Crippen LogP contribution in [0.25, 0.3) is 0 Å². The number of ether oxygens (including phenoxy) is 2. The lowest BCUT2D eigenvalue weighted by Crippen LogP contribution is -2.28. The number of esters is 2. The maximum atomic E-state index is 12.2. The van der Waals surface area contributed by atoms with Crippen molar-refractivity contribution in [2.75, 3.05) is 13.2 Å². The summed E-state index contributed by atoms with van der Waals surface area (Å²) in [5.74, 6) is -0.608. The molecule has 0 radical (unpaired) electrons. The number of unbranched alkanes of at least 4 members (excludes halogenated alkanes) is 24. The average Bonchev–Trinajstić information content (AvgIpc) is 3.15. The van der Waals surface area contributed by atoms with E-state index in [-0.39, 0.29) is 25.2 Å². The van der Waals surface area contributed by atoms with Gasteiger partial charge >= 0.3 is 11.9 Å². The molecule has 0 rings (SSSR count). The van der Waals surface area contributed by atoms with Crippen molar-refractivity contribution in [1.29, 1.82) is 0 Å². The Hall–Kier alpha value is -2.14. The maximum Gasteiger partial charge on any atom is 0.306 e. The molecule has 302 valence electrons. The highest BCUT2D eigenvalue weighted by atomic mass is 16.6. The Morgan fingerprint density at radius 1 is 0.462 bits per heavy atom. The molecule has 0 aliphatic heterocycles. The van der Waals surface area contributed by atoms with E-state index in [2.05, 4.69) is 62.5 Å². The largest absolute Gasteiger partial charge is 0.462 e. The van der Waals surface area contributed by atoms with Crippen molar-refractivity contribution in [3.05, 3.63) is 48.6 Å². The van der Waals surface area contributed by atoms with Crippen molar-refractivity contribution < 1.29 is 24.2 Å². The minimum Gasteiger partial charge on any atom is -0.462 e. The molecule has 0 spiro atoms. The van der Waals surface area contributed by atoms with Crippen molar-refractivity contribution in [2.24, 2.45) is 0 Å². The zero-order chi connectivity index (χ0) is 37.8. The van der Waals surface area contributed by atoms with E-state index in [1.54, 1.807) is 0 Å². The quantitative estimate of drug-likeness (QED) is 0.0386. The van der Waals surface area contributed by atoms with E-state index in [0.29, 0.717) is 12.8 Å². The standard InChI is InChI=1S/C47H84O5/c1-3-5-7-9-11-13-15-17-19-20-21-22-23-24-25-26-28-29-31-33-35-37-39-41-46(49)51-44-45(43-48)52-47(50)42-40-38-36-34-32-30-27-18-16-14-12-10-8-6-4-2/h6,8,12,14,18,20-21,27,45,48H,3-5,7,9-11,13,15-17,19,22-26,28-44H2,1-2H3/b8-6-,14-12-,21-20-,27-18-. The van der Waals surface area contributed by atoms with Gasteiger partial charge in [-0.15, -0.1) is 0 Å². The first-order valence-corrected chi connectivity index (χ1v) is 22.2. The minimum absolute atomic E-state index is 0.0731. The van der Waals surface area contributed by atoms with Crippen LogP contribution in [0.5, 0.6) is 0 Å². The molecule has 0 aromatic heterocycles. The molecule has 0 heterocycles. The Balaban J connectivity index is 3.52. The van der Waals surface area contributed by atoms with Gasteiger partial charge in [0.05, 0.1) is 6.61 Å². The van der Waals surface area contributed by atoms with Crippen molar-refractivity contribution in [1.82, 2.24) is 0 Å². The van der Waals surface area contributed by atoms with Gasteiger partial charge in [-0.3, -0.25) is 9.59 Å². The van der Waals surface area contributed by atoms with E-state index in [1.807, 2.05) is 0 Å². The van der Waals surface area contributed by atoms with E-state index in [1.165, 1.54) is 122 Å². The molecular weight excluding hydrogens is 645 g/mol. The van der Waals surface area contributed by atoms with E-state index in [0.717, 1.165) is 70.6 Å². The van der Waals surface area contributed by atoms with E-state index >= 15 is 0 Å². The Labute approximate surface area is 322 Å². The average molecular weight is 729 g/mol. The van der Waals surface area contributed by atoms with Crippen molar-refractivity contribution >= 4 is 11.9 Å².